The van der Waals surface area contributed by atoms with Crippen molar-refractivity contribution in [1.29, 1.82) is 0 Å². The van der Waals surface area contributed by atoms with E-state index in [0.29, 0.717) is 0 Å². The van der Waals surface area contributed by atoms with E-state index in [1.165, 1.54) is 0 Å². The molecule has 0 aliphatic carbocycles. The van der Waals surface area contributed by atoms with E-state index in [9.17, 15) is 4.79 Å². The molecule has 48 valence electrons. The fraction of sp³-hybridized carbons (Fsp3) is 0.800. The van der Waals surface area contributed by atoms with Crippen LogP contribution in [0.4, 0.5) is 4.79 Å². The quantitative estimate of drug-likeness (QED) is 0.580. The highest BCUT2D eigenvalue weighted by Crippen LogP contribution is 1.93. The molecule has 0 rings (SSSR count). The summed E-state index contributed by atoms with van der Waals surface area (Å²) < 4.78 is 0. The van der Waals surface area contributed by atoms with Crippen LogP contribution < -0.4 is 0 Å². The second-order valence-electron chi connectivity index (χ2n) is 1.61. The summed E-state index contributed by atoms with van der Waals surface area (Å²) in [6.45, 7) is 1.99. The molecule has 1 unspecified atom stereocenters. The van der Waals surface area contributed by atoms with Crippen LogP contribution in [0.2, 0.25) is 0 Å². The Balaban J connectivity index is 3.32. The third-order valence-corrected chi connectivity index (χ3v) is 2.43. The van der Waals surface area contributed by atoms with E-state index in [4.69, 9.17) is 5.11 Å². The Kier molecular flexibility index (Phi) is 3.69. The van der Waals surface area contributed by atoms with Gasteiger partial charge in [-0.15, -0.1) is 0 Å². The number of rotatable bonds is 2. The summed E-state index contributed by atoms with van der Waals surface area (Å²) >= 11 is 0. The smallest absolute Gasteiger partial charge is 0.441 e. The van der Waals surface area contributed by atoms with Crippen molar-refractivity contribution >= 4 is 16.2 Å². The molecule has 0 aromatic rings. The van der Waals surface area contributed by atoms with E-state index in [-0.39, 0.29) is 0 Å². The first-order chi connectivity index (χ1) is 3.68. The maximum absolute atomic E-state index is 10.1. The van der Waals surface area contributed by atoms with Gasteiger partial charge in [0.15, 0.2) is 0 Å². The second kappa shape index (κ2) is 3.78. The molecular weight excluding hydrogens is 124 g/mol. The minimum absolute atomic E-state index is 0.405. The molecule has 0 amide bonds. The van der Waals surface area contributed by atoms with Gasteiger partial charge in [-0.2, -0.15) is 4.79 Å². The molecule has 0 radical (unpaired) electrons. The SMILES string of the molecule is CCC[S+](C)C(=O)O. The van der Waals surface area contributed by atoms with Gasteiger partial charge in [-0.05, 0) is 6.42 Å². The fourth-order valence-corrected chi connectivity index (χ4v) is 1.18. The van der Waals surface area contributed by atoms with E-state index in [1.807, 2.05) is 6.92 Å². The van der Waals surface area contributed by atoms with Gasteiger partial charge < -0.3 is 5.11 Å². The van der Waals surface area contributed by atoms with Gasteiger partial charge in [0.25, 0.3) is 0 Å². The topological polar surface area (TPSA) is 37.3 Å². The fourth-order valence-electron chi connectivity index (χ4n) is 0.393. The Hall–Kier alpha value is -0.180. The van der Waals surface area contributed by atoms with Crippen molar-refractivity contribution in [3.63, 3.8) is 0 Å². The van der Waals surface area contributed by atoms with Crippen molar-refractivity contribution in [2.45, 2.75) is 13.3 Å². The molecule has 8 heavy (non-hydrogen) atoms. The number of hydrogen-bond donors (Lipinski definition) is 1. The molecule has 2 nitrogen and oxygen atoms in total. The second-order valence-corrected chi connectivity index (χ2v) is 3.64. The van der Waals surface area contributed by atoms with Crippen LogP contribution in [0, 0.1) is 0 Å². The van der Waals surface area contributed by atoms with Crippen LogP contribution in [0.3, 0.4) is 0 Å². The summed E-state index contributed by atoms with van der Waals surface area (Å²) in [5, 5.41) is 7.67. The van der Waals surface area contributed by atoms with Gasteiger partial charge in [0.1, 0.15) is 22.9 Å². The molecule has 0 aliphatic rings. The summed E-state index contributed by atoms with van der Waals surface area (Å²) in [7, 11) is -0.405. The van der Waals surface area contributed by atoms with Crippen molar-refractivity contribution < 1.29 is 9.90 Å². The predicted octanol–water partition coefficient (Wildman–Crippen LogP) is 1.32. The van der Waals surface area contributed by atoms with Crippen molar-refractivity contribution in [2.75, 3.05) is 12.0 Å². The number of hydrogen-bond acceptors (Lipinski definition) is 1. The molecule has 0 aliphatic heterocycles. The van der Waals surface area contributed by atoms with E-state index >= 15 is 0 Å². The van der Waals surface area contributed by atoms with Crippen LogP contribution in [0.25, 0.3) is 0 Å². The lowest BCUT2D eigenvalue weighted by molar-refractivity contribution is 0.221. The summed E-state index contributed by atoms with van der Waals surface area (Å²) in [6.07, 6.45) is 2.72. The molecule has 0 saturated heterocycles. The van der Waals surface area contributed by atoms with E-state index in [2.05, 4.69) is 0 Å². The summed E-state index contributed by atoms with van der Waals surface area (Å²) in [4.78, 5) is 10.1. The number of carbonyl (C=O) groups is 1. The zero-order valence-corrected chi connectivity index (χ0v) is 5.99. The molecule has 0 fully saturated rings. The normalized spacial score (nSPS) is 13.2. The molecule has 3 heteroatoms. The standard InChI is InChI=1S/C5H10O2S/c1-3-4-8(2)5(6)7/h3-4H2,1-2H3/p+1. The molecule has 0 bridgehead atoms. The molecule has 0 aromatic carbocycles. The van der Waals surface area contributed by atoms with Gasteiger partial charge in [-0.1, -0.05) is 6.92 Å². The van der Waals surface area contributed by atoms with E-state index in [1.54, 1.807) is 6.26 Å². The van der Waals surface area contributed by atoms with Crippen LogP contribution in [0.1, 0.15) is 13.3 Å². The van der Waals surface area contributed by atoms with E-state index < -0.39 is 16.2 Å². The molecule has 0 saturated carbocycles. The van der Waals surface area contributed by atoms with Gasteiger partial charge in [0.05, 0.1) is 0 Å². The Bertz CT molecular complexity index is 82.5. The first-order valence-electron chi connectivity index (χ1n) is 2.54. The van der Waals surface area contributed by atoms with Gasteiger partial charge in [-0.25, -0.2) is 0 Å². The maximum Gasteiger partial charge on any atom is 0.522 e. The highest BCUT2D eigenvalue weighted by Gasteiger charge is 2.19. The first-order valence-corrected chi connectivity index (χ1v) is 4.34. The third kappa shape index (κ3) is 2.91. The molecule has 1 atom stereocenters. The average molecular weight is 135 g/mol. The highest BCUT2D eigenvalue weighted by atomic mass is 32.2. The van der Waals surface area contributed by atoms with Crippen LogP contribution in [0.15, 0.2) is 0 Å². The van der Waals surface area contributed by atoms with Crippen LogP contribution >= 0.6 is 0 Å². The zero-order chi connectivity index (χ0) is 6.57. The summed E-state index contributed by atoms with van der Waals surface area (Å²) in [5.41, 5.74) is 0. The van der Waals surface area contributed by atoms with Gasteiger partial charge in [0, 0.05) is 0 Å². The van der Waals surface area contributed by atoms with Crippen LogP contribution in [0.5, 0.6) is 0 Å². The summed E-state index contributed by atoms with van der Waals surface area (Å²) in [5.74, 6) is 0.815. The number of carboxylic acid groups (broad SMARTS) is 1. The molecule has 0 heterocycles. The van der Waals surface area contributed by atoms with Gasteiger partial charge >= 0.3 is 5.30 Å². The monoisotopic (exact) mass is 135 g/mol. The lowest BCUT2D eigenvalue weighted by Gasteiger charge is -1.89. The zero-order valence-electron chi connectivity index (χ0n) is 5.18. The average Bonchev–Trinajstić information content (AvgIpc) is 1.67. The van der Waals surface area contributed by atoms with Crippen molar-refractivity contribution in [3.05, 3.63) is 0 Å². The van der Waals surface area contributed by atoms with Crippen molar-refractivity contribution in [3.8, 4) is 0 Å². The van der Waals surface area contributed by atoms with Gasteiger partial charge in [-0.3, -0.25) is 0 Å². The predicted molar refractivity (Wildman–Crippen MR) is 36.5 cm³/mol. The molecule has 1 N–H and O–H groups in total. The van der Waals surface area contributed by atoms with Gasteiger partial charge in [0.2, 0.25) is 0 Å². The maximum atomic E-state index is 10.1. The first kappa shape index (κ1) is 7.82. The van der Waals surface area contributed by atoms with E-state index in [0.717, 1.165) is 12.2 Å². The third-order valence-electron chi connectivity index (χ3n) is 0.808. The lowest BCUT2D eigenvalue weighted by atomic mass is 10.6. The Morgan fingerprint density at radius 1 is 1.75 bits per heavy atom. The Morgan fingerprint density at radius 2 is 2.25 bits per heavy atom. The van der Waals surface area contributed by atoms with Crippen molar-refractivity contribution in [2.24, 2.45) is 0 Å². The highest BCUT2D eigenvalue weighted by molar-refractivity contribution is 8.09. The minimum Gasteiger partial charge on any atom is -0.441 e. The van der Waals surface area contributed by atoms with Crippen molar-refractivity contribution in [1.82, 2.24) is 0 Å². The minimum atomic E-state index is -0.660. The Morgan fingerprint density at radius 3 is 2.38 bits per heavy atom. The Labute approximate surface area is 52.2 Å². The molecular formula is C5H11O2S+. The largest absolute Gasteiger partial charge is 0.522 e. The molecule has 0 aromatic heterocycles. The summed E-state index contributed by atoms with van der Waals surface area (Å²) in [6, 6.07) is 0. The lowest BCUT2D eigenvalue weighted by Crippen LogP contribution is -2.13. The van der Waals surface area contributed by atoms with Crippen LogP contribution in [-0.4, -0.2) is 22.4 Å². The molecule has 0 spiro atoms. The van der Waals surface area contributed by atoms with Crippen LogP contribution in [-0.2, 0) is 10.9 Å².